The molecule has 0 saturated carbocycles. The highest BCUT2D eigenvalue weighted by Gasteiger charge is 2.45. The van der Waals surface area contributed by atoms with Gasteiger partial charge in [0, 0.05) is 12.1 Å². The number of alkyl halides is 1. The summed E-state index contributed by atoms with van der Waals surface area (Å²) in [7, 11) is 0. The number of unbranched alkanes of at least 4 members (excludes halogenated alkanes) is 1. The number of hydrogen-bond donors (Lipinski definition) is 0. The molecule has 2 saturated heterocycles. The Balaban J connectivity index is 0.00000109. The van der Waals surface area contributed by atoms with Crippen LogP contribution in [0.1, 0.15) is 25.3 Å². The van der Waals surface area contributed by atoms with Gasteiger partial charge < -0.3 is 18.9 Å². The summed E-state index contributed by atoms with van der Waals surface area (Å²) in [6.07, 6.45) is 2.19. The zero-order chi connectivity index (χ0) is 18.1. The topological polar surface area (TPSA) is 40.2 Å². The second kappa shape index (κ2) is 10.2. The molecule has 2 heterocycles. The Labute approximate surface area is 159 Å². The van der Waals surface area contributed by atoms with E-state index in [0.29, 0.717) is 26.4 Å². The Hall–Kier alpha value is -1.08. The van der Waals surface area contributed by atoms with E-state index in [-0.39, 0.29) is 0 Å². The fourth-order valence-electron chi connectivity index (χ4n) is 2.92. The van der Waals surface area contributed by atoms with E-state index in [2.05, 4.69) is 34.3 Å². The summed E-state index contributed by atoms with van der Waals surface area (Å²) in [5.41, 5.74) is 0.979. The molecule has 25 heavy (non-hydrogen) atoms. The van der Waals surface area contributed by atoms with E-state index in [1.807, 2.05) is 30.1 Å². The minimum atomic E-state index is -0.839. The van der Waals surface area contributed by atoms with E-state index >= 15 is 0 Å². The van der Waals surface area contributed by atoms with Crippen LogP contribution in [0.3, 0.4) is 0 Å². The van der Waals surface area contributed by atoms with Gasteiger partial charge in [0.15, 0.2) is 0 Å². The number of nitrogens with zero attached hydrogens (tertiary/aromatic N) is 1. The van der Waals surface area contributed by atoms with Gasteiger partial charge in [-0.1, -0.05) is 35.9 Å². The monoisotopic (exact) mass is 413 g/mol. The maximum Gasteiger partial charge on any atom is 0.259 e. The molecule has 0 bridgehead atoms. The van der Waals surface area contributed by atoms with Crippen molar-refractivity contribution in [1.29, 1.82) is 0 Å². The molecule has 2 aliphatic heterocycles. The van der Waals surface area contributed by atoms with Crippen molar-refractivity contribution in [2.24, 2.45) is 0 Å². The van der Waals surface area contributed by atoms with Crippen molar-refractivity contribution in [2.75, 3.05) is 45.4 Å². The molecule has 0 radical (unpaired) electrons. The first-order chi connectivity index (χ1) is 12.2. The molecule has 0 aromatic heterocycles. The molecule has 0 atom stereocenters. The lowest BCUT2D eigenvalue weighted by molar-refractivity contribution is -0.276. The normalized spacial score (nSPS) is 19.7. The molecular weight excluding hydrogens is 386 g/mol. The zero-order valence-corrected chi connectivity index (χ0v) is 16.7. The van der Waals surface area contributed by atoms with E-state index in [9.17, 15) is 0 Å². The molecule has 0 aliphatic carbocycles. The summed E-state index contributed by atoms with van der Waals surface area (Å²) < 4.78 is 23.2. The van der Waals surface area contributed by atoms with Crippen molar-refractivity contribution in [3.05, 3.63) is 42.2 Å². The summed E-state index contributed by atoms with van der Waals surface area (Å²) in [6, 6.07) is 8.00. The van der Waals surface area contributed by atoms with Crippen molar-refractivity contribution in [2.45, 2.75) is 25.7 Å². The van der Waals surface area contributed by atoms with Crippen LogP contribution in [-0.4, -0.2) is 50.2 Å². The van der Waals surface area contributed by atoms with Gasteiger partial charge in [-0.15, -0.1) is 0 Å². The van der Waals surface area contributed by atoms with E-state index in [0.717, 1.165) is 43.1 Å². The SMILES string of the molecule is C=C1CN(C2(c3ccc(OCCCC)cc3)OCCO2)CCO1.CBr. The van der Waals surface area contributed by atoms with Crippen molar-refractivity contribution in [3.63, 3.8) is 0 Å². The fourth-order valence-corrected chi connectivity index (χ4v) is 2.92. The third kappa shape index (κ3) is 4.97. The predicted octanol–water partition coefficient (Wildman–Crippen LogP) is 3.88. The molecule has 0 spiro atoms. The van der Waals surface area contributed by atoms with Gasteiger partial charge in [-0.05, 0) is 36.5 Å². The molecule has 140 valence electrons. The number of halogens is 1. The van der Waals surface area contributed by atoms with E-state index < -0.39 is 5.91 Å². The van der Waals surface area contributed by atoms with Gasteiger partial charge in [-0.25, -0.2) is 4.90 Å². The van der Waals surface area contributed by atoms with Crippen LogP contribution < -0.4 is 4.74 Å². The number of hydrogen-bond acceptors (Lipinski definition) is 5. The zero-order valence-electron chi connectivity index (χ0n) is 15.1. The van der Waals surface area contributed by atoms with Crippen molar-refractivity contribution < 1.29 is 18.9 Å². The lowest BCUT2D eigenvalue weighted by atomic mass is 10.1. The number of rotatable bonds is 6. The van der Waals surface area contributed by atoms with Crippen LogP contribution >= 0.6 is 15.9 Å². The Kier molecular flexibility index (Phi) is 8.22. The van der Waals surface area contributed by atoms with Crippen LogP contribution in [0.15, 0.2) is 36.6 Å². The lowest BCUT2D eigenvalue weighted by Crippen LogP contribution is -2.51. The van der Waals surface area contributed by atoms with Gasteiger partial charge in [0.2, 0.25) is 0 Å². The summed E-state index contributed by atoms with van der Waals surface area (Å²) in [6.45, 7) is 9.94. The van der Waals surface area contributed by atoms with Gasteiger partial charge in [0.05, 0.1) is 26.4 Å². The highest BCUT2D eigenvalue weighted by atomic mass is 79.9. The molecule has 0 N–H and O–H groups in total. The van der Waals surface area contributed by atoms with Gasteiger partial charge in [-0.2, -0.15) is 0 Å². The summed E-state index contributed by atoms with van der Waals surface area (Å²) >= 11 is 2.94. The maximum absolute atomic E-state index is 6.02. The van der Waals surface area contributed by atoms with Gasteiger partial charge in [0.25, 0.3) is 5.91 Å². The van der Waals surface area contributed by atoms with Crippen molar-refractivity contribution in [1.82, 2.24) is 4.90 Å². The highest BCUT2D eigenvalue weighted by Crippen LogP contribution is 2.37. The Morgan fingerprint density at radius 1 is 1.16 bits per heavy atom. The fraction of sp³-hybridized carbons (Fsp3) is 0.579. The second-order valence-corrected chi connectivity index (χ2v) is 5.81. The lowest BCUT2D eigenvalue weighted by Gasteiger charge is -2.41. The number of benzene rings is 1. The standard InChI is InChI=1S/C18H25NO4.CH3Br/c1-3-4-10-21-17-7-5-16(6-8-17)18(22-12-13-23-18)19-9-11-20-15(2)14-19;1-2/h5-8H,2-4,9-14H2,1H3;1H3. The Bertz CT molecular complexity index is 529. The first-order valence-electron chi connectivity index (χ1n) is 8.69. The first-order valence-corrected chi connectivity index (χ1v) is 10.3. The summed E-state index contributed by atoms with van der Waals surface area (Å²) in [5, 5.41) is 0. The van der Waals surface area contributed by atoms with Gasteiger partial charge >= 0.3 is 0 Å². The van der Waals surface area contributed by atoms with Crippen molar-refractivity contribution >= 4 is 15.9 Å². The van der Waals surface area contributed by atoms with Crippen LogP contribution in [0.4, 0.5) is 0 Å². The second-order valence-electron chi connectivity index (χ2n) is 5.81. The van der Waals surface area contributed by atoms with Crippen LogP contribution in [-0.2, 0) is 20.1 Å². The maximum atomic E-state index is 6.02. The quantitative estimate of drug-likeness (QED) is 0.522. The van der Waals surface area contributed by atoms with Crippen LogP contribution in [0.5, 0.6) is 5.75 Å². The average molecular weight is 414 g/mol. The molecule has 5 nitrogen and oxygen atoms in total. The summed E-state index contributed by atoms with van der Waals surface area (Å²) in [5.74, 6) is 2.60. The molecule has 3 rings (SSSR count). The number of morpholine rings is 1. The van der Waals surface area contributed by atoms with Crippen LogP contribution in [0.2, 0.25) is 0 Å². The molecule has 1 aromatic carbocycles. The molecule has 2 fully saturated rings. The minimum Gasteiger partial charge on any atom is -0.496 e. The first kappa shape index (κ1) is 20.2. The molecule has 2 aliphatic rings. The largest absolute Gasteiger partial charge is 0.496 e. The Morgan fingerprint density at radius 3 is 2.44 bits per heavy atom. The summed E-state index contributed by atoms with van der Waals surface area (Å²) in [4.78, 5) is 2.14. The number of ether oxygens (including phenoxy) is 4. The molecule has 0 unspecified atom stereocenters. The molecular formula is C19H28BrNO4. The minimum absolute atomic E-state index is 0.582. The van der Waals surface area contributed by atoms with Gasteiger partial charge in [-0.3, -0.25) is 0 Å². The molecule has 0 amide bonds. The van der Waals surface area contributed by atoms with E-state index in [1.54, 1.807) is 0 Å². The van der Waals surface area contributed by atoms with E-state index in [1.165, 1.54) is 0 Å². The van der Waals surface area contributed by atoms with Crippen LogP contribution in [0, 0.1) is 0 Å². The predicted molar refractivity (Wildman–Crippen MR) is 102 cm³/mol. The molecule has 6 heteroatoms. The highest BCUT2D eigenvalue weighted by molar-refractivity contribution is 9.08. The third-order valence-electron chi connectivity index (χ3n) is 4.12. The third-order valence-corrected chi connectivity index (χ3v) is 4.12. The van der Waals surface area contributed by atoms with Crippen LogP contribution in [0.25, 0.3) is 0 Å². The van der Waals surface area contributed by atoms with Gasteiger partial charge in [0.1, 0.15) is 18.1 Å². The van der Waals surface area contributed by atoms with Crippen molar-refractivity contribution in [3.8, 4) is 5.75 Å². The average Bonchev–Trinajstić information content (AvgIpc) is 3.15. The Morgan fingerprint density at radius 2 is 1.84 bits per heavy atom. The van der Waals surface area contributed by atoms with E-state index in [4.69, 9.17) is 18.9 Å². The molecule has 1 aromatic rings. The smallest absolute Gasteiger partial charge is 0.259 e.